The number of anilines is 1. The van der Waals surface area contributed by atoms with E-state index in [4.69, 9.17) is 5.11 Å². The summed E-state index contributed by atoms with van der Waals surface area (Å²) in [5.74, 6) is -0.270. The Hall–Kier alpha value is -2.23. The van der Waals surface area contributed by atoms with Crippen LogP contribution in [0, 0.1) is 0 Å². The largest absolute Gasteiger partial charge is 0.871 e. The van der Waals surface area contributed by atoms with Crippen molar-refractivity contribution in [3.63, 3.8) is 0 Å². The first-order valence-corrected chi connectivity index (χ1v) is 5.33. The van der Waals surface area contributed by atoms with Gasteiger partial charge in [-0.25, -0.2) is 4.79 Å². The highest BCUT2D eigenvalue weighted by Crippen LogP contribution is 2.30. The molecule has 0 unspecified atom stereocenters. The number of amides is 1. The zero-order chi connectivity index (χ0) is 12.4. The van der Waals surface area contributed by atoms with Crippen LogP contribution in [0.5, 0.6) is 5.75 Å². The van der Waals surface area contributed by atoms with Crippen molar-refractivity contribution >= 4 is 22.6 Å². The lowest BCUT2D eigenvalue weighted by Gasteiger charge is -2.23. The molecular weight excluding hydrogens is 218 g/mol. The van der Waals surface area contributed by atoms with E-state index in [2.05, 4.69) is 0 Å². The molecule has 0 radical (unpaired) electrons. The number of rotatable bonds is 2. The third-order valence-electron chi connectivity index (χ3n) is 2.67. The summed E-state index contributed by atoms with van der Waals surface area (Å²) in [4.78, 5) is 12.1. The van der Waals surface area contributed by atoms with Crippen LogP contribution in [-0.2, 0) is 0 Å². The van der Waals surface area contributed by atoms with Crippen LogP contribution in [-0.4, -0.2) is 17.7 Å². The molecule has 2 rings (SSSR count). The number of nitrogens with zero attached hydrogens (tertiary/aromatic N) is 1. The summed E-state index contributed by atoms with van der Waals surface area (Å²) < 4.78 is 0. The van der Waals surface area contributed by atoms with E-state index in [1.54, 1.807) is 13.0 Å². The smallest absolute Gasteiger partial charge is 0.411 e. The molecule has 0 heterocycles. The molecule has 0 spiro atoms. The molecule has 0 aliphatic carbocycles. The van der Waals surface area contributed by atoms with Crippen molar-refractivity contribution in [1.29, 1.82) is 0 Å². The molecule has 0 aliphatic rings. The summed E-state index contributed by atoms with van der Waals surface area (Å²) in [6.45, 7) is 1.95. The number of hydrogen-bond donors (Lipinski definition) is 1. The Labute approximate surface area is 98.7 Å². The van der Waals surface area contributed by atoms with Crippen molar-refractivity contribution in [2.24, 2.45) is 0 Å². The lowest BCUT2D eigenvalue weighted by Crippen LogP contribution is -2.29. The van der Waals surface area contributed by atoms with E-state index in [0.29, 0.717) is 0 Å². The number of benzene rings is 2. The normalized spacial score (nSPS) is 10.4. The number of fused-ring (bicyclic) bond motifs is 1. The van der Waals surface area contributed by atoms with Crippen molar-refractivity contribution in [3.05, 3.63) is 36.4 Å². The quantitative estimate of drug-likeness (QED) is 0.861. The molecule has 4 heteroatoms. The van der Waals surface area contributed by atoms with E-state index in [1.165, 1.54) is 6.07 Å². The Morgan fingerprint density at radius 2 is 1.88 bits per heavy atom. The van der Waals surface area contributed by atoms with Gasteiger partial charge in [0.25, 0.3) is 0 Å². The van der Waals surface area contributed by atoms with Crippen LogP contribution in [0.1, 0.15) is 6.92 Å². The van der Waals surface area contributed by atoms with E-state index < -0.39 is 6.09 Å². The molecule has 0 saturated heterocycles. The molecular formula is C13H12NO3-. The first-order chi connectivity index (χ1) is 8.13. The Bertz CT molecular complexity index is 566. The predicted molar refractivity (Wildman–Crippen MR) is 64.4 cm³/mol. The monoisotopic (exact) mass is 230 g/mol. The lowest BCUT2D eigenvalue weighted by atomic mass is 10.1. The molecule has 0 saturated carbocycles. The van der Waals surface area contributed by atoms with Gasteiger partial charge in [-0.15, -0.1) is 0 Å². The molecule has 4 nitrogen and oxygen atoms in total. The van der Waals surface area contributed by atoms with Crippen molar-refractivity contribution in [2.75, 3.05) is 11.4 Å². The molecule has 0 fully saturated rings. The van der Waals surface area contributed by atoms with Crippen molar-refractivity contribution in [3.8, 4) is 5.75 Å². The molecule has 88 valence electrons. The highest BCUT2D eigenvalue weighted by molar-refractivity contribution is 5.94. The first kappa shape index (κ1) is 11.3. The van der Waals surface area contributed by atoms with Crippen LogP contribution in [0.25, 0.3) is 10.8 Å². The first-order valence-electron chi connectivity index (χ1n) is 5.33. The number of hydrogen-bond acceptors (Lipinski definition) is 2. The van der Waals surface area contributed by atoms with E-state index >= 15 is 0 Å². The minimum absolute atomic E-state index is 0.207. The Balaban J connectivity index is 2.61. The van der Waals surface area contributed by atoms with Gasteiger partial charge in [-0.2, -0.15) is 0 Å². The van der Waals surface area contributed by atoms with Gasteiger partial charge >= 0.3 is 6.09 Å². The molecule has 1 amide bonds. The molecule has 2 aromatic rings. The SMILES string of the molecule is CCN(C(=O)O)c1cc2ccccc2cc1[O-]. The molecule has 1 N–H and O–H groups in total. The van der Waals surface area contributed by atoms with Crippen LogP contribution in [0.3, 0.4) is 0 Å². The zero-order valence-electron chi connectivity index (χ0n) is 9.38. The number of carbonyl (C=O) groups is 1. The van der Waals surface area contributed by atoms with Gasteiger partial charge in [0.15, 0.2) is 0 Å². The van der Waals surface area contributed by atoms with Gasteiger partial charge in [0.05, 0.1) is 0 Å². The van der Waals surface area contributed by atoms with Crippen LogP contribution < -0.4 is 10.0 Å². The minimum Gasteiger partial charge on any atom is -0.871 e. The fourth-order valence-electron chi connectivity index (χ4n) is 1.83. The summed E-state index contributed by atoms with van der Waals surface area (Å²) in [6, 6.07) is 10.5. The van der Waals surface area contributed by atoms with Gasteiger partial charge in [0.2, 0.25) is 0 Å². The second kappa shape index (κ2) is 4.33. The van der Waals surface area contributed by atoms with Gasteiger partial charge in [-0.3, -0.25) is 4.90 Å². The van der Waals surface area contributed by atoms with E-state index in [9.17, 15) is 9.90 Å². The van der Waals surface area contributed by atoms with Crippen molar-refractivity contribution in [1.82, 2.24) is 0 Å². The summed E-state index contributed by atoms with van der Waals surface area (Å²) in [6.07, 6.45) is -1.11. The summed E-state index contributed by atoms with van der Waals surface area (Å²) in [5, 5.41) is 22.5. The highest BCUT2D eigenvalue weighted by atomic mass is 16.4. The highest BCUT2D eigenvalue weighted by Gasteiger charge is 2.12. The van der Waals surface area contributed by atoms with Crippen molar-refractivity contribution in [2.45, 2.75) is 6.92 Å². The third-order valence-corrected chi connectivity index (χ3v) is 2.67. The van der Waals surface area contributed by atoms with Crippen LogP contribution in [0.4, 0.5) is 10.5 Å². The number of carboxylic acid groups (broad SMARTS) is 1. The average molecular weight is 230 g/mol. The molecule has 0 atom stereocenters. The van der Waals surface area contributed by atoms with Gasteiger partial charge in [0, 0.05) is 12.2 Å². The third kappa shape index (κ3) is 2.01. The maximum atomic E-state index is 11.8. The maximum absolute atomic E-state index is 11.8. The second-order valence-corrected chi connectivity index (χ2v) is 3.69. The van der Waals surface area contributed by atoms with Crippen LogP contribution >= 0.6 is 0 Å². The second-order valence-electron chi connectivity index (χ2n) is 3.69. The lowest BCUT2D eigenvalue weighted by molar-refractivity contribution is -0.267. The van der Waals surface area contributed by atoms with Gasteiger partial charge in [0.1, 0.15) is 0 Å². The summed E-state index contributed by atoms with van der Waals surface area (Å²) in [7, 11) is 0. The molecule has 0 bridgehead atoms. The van der Waals surface area contributed by atoms with E-state index in [-0.39, 0.29) is 18.0 Å². The molecule has 0 aliphatic heterocycles. The minimum atomic E-state index is -1.11. The van der Waals surface area contributed by atoms with Gasteiger partial charge in [-0.1, -0.05) is 36.1 Å². The summed E-state index contributed by atoms with van der Waals surface area (Å²) in [5.41, 5.74) is 0.207. The van der Waals surface area contributed by atoms with Crippen LogP contribution in [0.15, 0.2) is 36.4 Å². The summed E-state index contributed by atoms with van der Waals surface area (Å²) >= 11 is 0. The Morgan fingerprint density at radius 3 is 2.41 bits per heavy atom. The van der Waals surface area contributed by atoms with Gasteiger partial charge < -0.3 is 10.2 Å². The Kier molecular flexibility index (Phi) is 2.87. The predicted octanol–water partition coefficient (Wildman–Crippen LogP) is 2.42. The maximum Gasteiger partial charge on any atom is 0.411 e. The molecule has 2 aromatic carbocycles. The van der Waals surface area contributed by atoms with Crippen molar-refractivity contribution < 1.29 is 15.0 Å². The standard InChI is InChI=1S/C13H13NO3/c1-2-14(13(16)17)11-7-9-5-3-4-6-10(9)8-12(11)15/h3-8,15H,2H2,1H3,(H,16,17)/p-1. The fraction of sp³-hybridized carbons (Fsp3) is 0.154. The average Bonchev–Trinajstić information content (AvgIpc) is 2.30. The van der Waals surface area contributed by atoms with Gasteiger partial charge in [-0.05, 0) is 23.8 Å². The molecule has 0 aromatic heterocycles. The zero-order valence-corrected chi connectivity index (χ0v) is 9.38. The Morgan fingerprint density at radius 1 is 1.29 bits per heavy atom. The van der Waals surface area contributed by atoms with Crippen LogP contribution in [0.2, 0.25) is 0 Å². The molecule has 17 heavy (non-hydrogen) atoms. The fourth-order valence-corrected chi connectivity index (χ4v) is 1.83. The topological polar surface area (TPSA) is 63.6 Å². The van der Waals surface area contributed by atoms with E-state index in [0.717, 1.165) is 15.7 Å². The van der Waals surface area contributed by atoms with E-state index in [1.807, 2.05) is 24.3 Å².